The van der Waals surface area contributed by atoms with Crippen LogP contribution < -0.4 is 4.90 Å². The van der Waals surface area contributed by atoms with Gasteiger partial charge in [-0.3, -0.25) is 4.57 Å². The lowest BCUT2D eigenvalue weighted by Crippen LogP contribution is -2.22. The molecule has 1 N–H and O–H groups in total. The van der Waals surface area contributed by atoms with Crippen molar-refractivity contribution in [3.63, 3.8) is 0 Å². The lowest BCUT2D eigenvalue weighted by atomic mass is 10.2. The highest BCUT2D eigenvalue weighted by atomic mass is 35.5. The predicted octanol–water partition coefficient (Wildman–Crippen LogP) is 4.35. The van der Waals surface area contributed by atoms with Crippen molar-refractivity contribution in [2.45, 2.75) is 38.3 Å². The van der Waals surface area contributed by atoms with Crippen molar-refractivity contribution >= 4 is 29.8 Å². The van der Waals surface area contributed by atoms with Crippen molar-refractivity contribution in [3.8, 4) is 0 Å². The number of anilines is 1. The Morgan fingerprint density at radius 1 is 1.33 bits per heavy atom. The summed E-state index contributed by atoms with van der Waals surface area (Å²) in [6, 6.07) is 8.40. The molecule has 1 heterocycles. The molecule has 1 aliphatic rings. The maximum absolute atomic E-state index is 5.93. The first kappa shape index (κ1) is 14.6. The summed E-state index contributed by atoms with van der Waals surface area (Å²) in [5.41, 5.74) is 1.20. The van der Waals surface area contributed by atoms with Crippen LogP contribution in [-0.4, -0.2) is 21.8 Å². The molecule has 2 aromatic rings. The van der Waals surface area contributed by atoms with Gasteiger partial charge in [-0.15, -0.1) is 5.10 Å². The van der Waals surface area contributed by atoms with Crippen LogP contribution in [-0.2, 0) is 6.54 Å². The number of rotatable bonds is 4. The molecule has 6 heteroatoms. The summed E-state index contributed by atoms with van der Waals surface area (Å²) in [7, 11) is 2.05. The molecule has 1 aliphatic carbocycles. The smallest absolute Gasteiger partial charge is 0.226 e. The first-order chi connectivity index (χ1) is 10.1. The van der Waals surface area contributed by atoms with Gasteiger partial charge in [-0.2, -0.15) is 0 Å². The van der Waals surface area contributed by atoms with Gasteiger partial charge in [-0.05, 0) is 42.8 Å². The molecule has 1 fully saturated rings. The summed E-state index contributed by atoms with van der Waals surface area (Å²) in [4.78, 5) is 2.13. The van der Waals surface area contributed by atoms with E-state index in [1.807, 2.05) is 31.3 Å². The molecule has 0 amide bonds. The zero-order chi connectivity index (χ0) is 14.8. The van der Waals surface area contributed by atoms with E-state index in [0.29, 0.717) is 6.04 Å². The summed E-state index contributed by atoms with van der Waals surface area (Å²) in [5.74, 6) is 0.918. The number of aromatic nitrogens is 3. The Labute approximate surface area is 134 Å². The summed E-state index contributed by atoms with van der Waals surface area (Å²) in [6.07, 6.45) is 4.93. The van der Waals surface area contributed by atoms with E-state index in [1.54, 1.807) is 0 Å². The third kappa shape index (κ3) is 3.14. The number of benzene rings is 1. The first-order valence-electron chi connectivity index (χ1n) is 7.27. The topological polar surface area (TPSA) is 36.9 Å². The number of H-pyrrole nitrogens is 1. The van der Waals surface area contributed by atoms with Crippen LogP contribution in [0.4, 0.5) is 5.95 Å². The minimum atomic E-state index is 0.485. The molecule has 0 atom stereocenters. The quantitative estimate of drug-likeness (QED) is 0.850. The largest absolute Gasteiger partial charge is 0.340 e. The SMILES string of the molecule is CN(Cc1ccc(Cl)cc1)c1n[nH]c(=S)n1C1CCCC1. The second kappa shape index (κ2) is 6.20. The average molecular weight is 323 g/mol. The Morgan fingerprint density at radius 2 is 2.00 bits per heavy atom. The van der Waals surface area contributed by atoms with E-state index in [1.165, 1.54) is 31.2 Å². The van der Waals surface area contributed by atoms with Crippen molar-refractivity contribution in [3.05, 3.63) is 39.6 Å². The van der Waals surface area contributed by atoms with E-state index in [9.17, 15) is 0 Å². The van der Waals surface area contributed by atoms with E-state index in [2.05, 4.69) is 19.7 Å². The van der Waals surface area contributed by atoms with Gasteiger partial charge in [0.25, 0.3) is 0 Å². The molecular formula is C15H19ClN4S. The first-order valence-corrected chi connectivity index (χ1v) is 8.06. The highest BCUT2D eigenvalue weighted by Gasteiger charge is 2.22. The fraction of sp³-hybridized carbons (Fsp3) is 0.467. The third-order valence-electron chi connectivity index (χ3n) is 4.05. The second-order valence-corrected chi connectivity index (χ2v) is 6.44. The van der Waals surface area contributed by atoms with Crippen LogP contribution in [0.5, 0.6) is 0 Å². The molecule has 0 aliphatic heterocycles. The monoisotopic (exact) mass is 322 g/mol. The fourth-order valence-corrected chi connectivity index (χ4v) is 3.39. The van der Waals surface area contributed by atoms with Crippen molar-refractivity contribution < 1.29 is 0 Å². The van der Waals surface area contributed by atoms with E-state index < -0.39 is 0 Å². The predicted molar refractivity (Wildman–Crippen MR) is 88.5 cm³/mol. The normalized spacial score (nSPS) is 15.5. The lowest BCUT2D eigenvalue weighted by Gasteiger charge is -2.22. The number of hydrogen-bond donors (Lipinski definition) is 1. The highest BCUT2D eigenvalue weighted by Crippen LogP contribution is 2.32. The van der Waals surface area contributed by atoms with Crippen LogP contribution in [0.15, 0.2) is 24.3 Å². The van der Waals surface area contributed by atoms with E-state index in [0.717, 1.165) is 22.3 Å². The minimum absolute atomic E-state index is 0.485. The third-order valence-corrected chi connectivity index (χ3v) is 4.59. The number of halogens is 1. The molecule has 21 heavy (non-hydrogen) atoms. The van der Waals surface area contributed by atoms with Gasteiger partial charge in [0, 0.05) is 24.7 Å². The molecule has 0 saturated heterocycles. The van der Waals surface area contributed by atoms with Crippen LogP contribution in [0.25, 0.3) is 0 Å². The minimum Gasteiger partial charge on any atom is -0.340 e. The Balaban J connectivity index is 1.82. The fourth-order valence-electron chi connectivity index (χ4n) is 2.99. The number of hydrogen-bond acceptors (Lipinski definition) is 3. The van der Waals surface area contributed by atoms with Gasteiger partial charge in [0.05, 0.1) is 0 Å². The zero-order valence-corrected chi connectivity index (χ0v) is 13.6. The highest BCUT2D eigenvalue weighted by molar-refractivity contribution is 7.71. The van der Waals surface area contributed by atoms with Gasteiger partial charge in [0.15, 0.2) is 4.77 Å². The van der Waals surface area contributed by atoms with Crippen LogP contribution in [0.3, 0.4) is 0 Å². The van der Waals surface area contributed by atoms with E-state index >= 15 is 0 Å². The van der Waals surface area contributed by atoms with Crippen molar-refractivity contribution in [1.82, 2.24) is 14.8 Å². The average Bonchev–Trinajstić information content (AvgIpc) is 3.10. The molecule has 112 valence electrons. The maximum atomic E-state index is 5.93. The Kier molecular flexibility index (Phi) is 4.31. The molecule has 0 radical (unpaired) electrons. The lowest BCUT2D eigenvalue weighted by molar-refractivity contribution is 0.509. The number of nitrogens with zero attached hydrogens (tertiary/aromatic N) is 3. The van der Waals surface area contributed by atoms with Crippen molar-refractivity contribution in [2.24, 2.45) is 0 Å². The van der Waals surface area contributed by atoms with Gasteiger partial charge >= 0.3 is 0 Å². The zero-order valence-electron chi connectivity index (χ0n) is 12.1. The van der Waals surface area contributed by atoms with Crippen LogP contribution in [0.1, 0.15) is 37.3 Å². The Bertz CT molecular complexity index is 655. The standard InChI is InChI=1S/C15H19ClN4S/c1-19(10-11-6-8-12(16)9-7-11)14-17-18-15(21)20(14)13-4-2-3-5-13/h6-9,13H,2-5,10H2,1H3,(H,18,21). The maximum Gasteiger partial charge on any atom is 0.226 e. The van der Waals surface area contributed by atoms with Crippen LogP contribution in [0.2, 0.25) is 5.02 Å². The molecule has 0 bridgehead atoms. The van der Waals surface area contributed by atoms with E-state index in [-0.39, 0.29) is 0 Å². The molecule has 1 saturated carbocycles. The molecular weight excluding hydrogens is 304 g/mol. The van der Waals surface area contributed by atoms with Gasteiger partial charge < -0.3 is 4.90 Å². The number of aromatic amines is 1. The van der Waals surface area contributed by atoms with Crippen molar-refractivity contribution in [2.75, 3.05) is 11.9 Å². The summed E-state index contributed by atoms with van der Waals surface area (Å²) < 4.78 is 2.90. The molecule has 1 aromatic heterocycles. The summed E-state index contributed by atoms with van der Waals surface area (Å²) >= 11 is 11.3. The molecule has 0 spiro atoms. The summed E-state index contributed by atoms with van der Waals surface area (Å²) in [6.45, 7) is 0.781. The van der Waals surface area contributed by atoms with Gasteiger partial charge in [-0.1, -0.05) is 36.6 Å². The van der Waals surface area contributed by atoms with Gasteiger partial charge in [0.2, 0.25) is 5.95 Å². The number of nitrogens with one attached hydrogen (secondary N) is 1. The van der Waals surface area contributed by atoms with Crippen molar-refractivity contribution in [1.29, 1.82) is 0 Å². The van der Waals surface area contributed by atoms with Crippen LogP contribution >= 0.6 is 23.8 Å². The molecule has 0 unspecified atom stereocenters. The molecule has 3 rings (SSSR count). The van der Waals surface area contributed by atoms with Gasteiger partial charge in [-0.25, -0.2) is 5.10 Å². The molecule has 4 nitrogen and oxygen atoms in total. The Hall–Kier alpha value is -1.33. The van der Waals surface area contributed by atoms with E-state index in [4.69, 9.17) is 23.8 Å². The second-order valence-electron chi connectivity index (χ2n) is 5.62. The Morgan fingerprint density at radius 3 is 2.67 bits per heavy atom. The van der Waals surface area contributed by atoms with Crippen LogP contribution in [0, 0.1) is 4.77 Å². The van der Waals surface area contributed by atoms with Gasteiger partial charge in [0.1, 0.15) is 0 Å². The molecule has 1 aromatic carbocycles. The summed E-state index contributed by atoms with van der Waals surface area (Å²) in [5, 5.41) is 8.12.